The first-order valence-electron chi connectivity index (χ1n) is 3.34. The van der Waals surface area contributed by atoms with Gasteiger partial charge < -0.3 is 9.84 Å². The molecule has 1 N–H and O–H groups in total. The van der Waals surface area contributed by atoms with Crippen LogP contribution >= 0.6 is 0 Å². The van der Waals surface area contributed by atoms with Gasteiger partial charge in [0, 0.05) is 6.61 Å². The average molecular weight is 128 g/mol. The van der Waals surface area contributed by atoms with E-state index in [4.69, 9.17) is 9.84 Å². The third-order valence-corrected chi connectivity index (χ3v) is 1.44. The Morgan fingerprint density at radius 3 is 3.11 bits per heavy atom. The van der Waals surface area contributed by atoms with Gasteiger partial charge >= 0.3 is 0 Å². The predicted molar refractivity (Wildman–Crippen MR) is 35.0 cm³/mol. The van der Waals surface area contributed by atoms with E-state index in [1.54, 1.807) is 6.26 Å². The third kappa shape index (κ3) is 2.06. The Balaban J connectivity index is 2.28. The van der Waals surface area contributed by atoms with Crippen LogP contribution in [0, 0.1) is 0 Å². The molecule has 2 heteroatoms. The van der Waals surface area contributed by atoms with Gasteiger partial charge in [0.25, 0.3) is 0 Å². The summed E-state index contributed by atoms with van der Waals surface area (Å²) >= 11 is 0. The molecule has 0 bridgehead atoms. The highest BCUT2D eigenvalue weighted by Crippen LogP contribution is 2.13. The van der Waals surface area contributed by atoms with Crippen LogP contribution in [0.5, 0.6) is 0 Å². The summed E-state index contributed by atoms with van der Waals surface area (Å²) < 4.78 is 5.06. The molecule has 0 aromatic carbocycles. The van der Waals surface area contributed by atoms with Crippen molar-refractivity contribution in [1.82, 2.24) is 0 Å². The molecule has 0 saturated carbocycles. The van der Waals surface area contributed by atoms with Gasteiger partial charge in [0.2, 0.25) is 0 Å². The number of hydrogen-bond acceptors (Lipinski definition) is 2. The van der Waals surface area contributed by atoms with Gasteiger partial charge in [-0.1, -0.05) is 0 Å². The Hall–Kier alpha value is -0.500. The summed E-state index contributed by atoms with van der Waals surface area (Å²) in [7, 11) is 0. The molecule has 0 atom stereocenters. The second-order valence-electron chi connectivity index (χ2n) is 2.22. The van der Waals surface area contributed by atoms with E-state index in [1.165, 1.54) is 5.57 Å². The average Bonchev–Trinajstić information content (AvgIpc) is 1.91. The maximum absolute atomic E-state index is 8.52. The summed E-state index contributed by atoms with van der Waals surface area (Å²) in [4.78, 5) is 0. The van der Waals surface area contributed by atoms with Crippen LogP contribution in [-0.2, 0) is 4.74 Å². The summed E-state index contributed by atoms with van der Waals surface area (Å²) in [6.07, 6.45) is 4.76. The SMILES string of the molecule is OCCC1=COCCC1. The topological polar surface area (TPSA) is 29.5 Å². The zero-order chi connectivity index (χ0) is 6.53. The van der Waals surface area contributed by atoms with E-state index < -0.39 is 0 Å². The van der Waals surface area contributed by atoms with Crippen LogP contribution in [0.25, 0.3) is 0 Å². The minimum atomic E-state index is 0.245. The molecule has 0 spiro atoms. The standard InChI is InChI=1S/C7H12O2/c8-4-3-7-2-1-5-9-6-7/h6,8H,1-5H2. The smallest absolute Gasteiger partial charge is 0.0876 e. The molecule has 2 nitrogen and oxygen atoms in total. The predicted octanol–water partition coefficient (Wildman–Crippen LogP) is 1.06. The van der Waals surface area contributed by atoms with E-state index in [0.717, 1.165) is 25.9 Å². The molecule has 0 radical (unpaired) electrons. The number of hydrogen-bond donors (Lipinski definition) is 1. The zero-order valence-corrected chi connectivity index (χ0v) is 5.47. The molecule has 1 rings (SSSR count). The molecule has 0 aromatic rings. The fourth-order valence-electron chi connectivity index (χ4n) is 0.946. The molecule has 0 unspecified atom stereocenters. The van der Waals surface area contributed by atoms with Crippen LogP contribution in [0.2, 0.25) is 0 Å². The Kier molecular flexibility index (Phi) is 2.58. The lowest BCUT2D eigenvalue weighted by Gasteiger charge is -2.11. The summed E-state index contributed by atoms with van der Waals surface area (Å²) in [6, 6.07) is 0. The first-order chi connectivity index (χ1) is 4.43. The molecule has 1 aliphatic rings. The molecular formula is C7H12O2. The van der Waals surface area contributed by atoms with Crippen molar-refractivity contribution < 1.29 is 9.84 Å². The second kappa shape index (κ2) is 3.51. The van der Waals surface area contributed by atoms with Crippen molar-refractivity contribution >= 4 is 0 Å². The monoisotopic (exact) mass is 128 g/mol. The largest absolute Gasteiger partial charge is 0.501 e. The van der Waals surface area contributed by atoms with Crippen LogP contribution in [0.4, 0.5) is 0 Å². The maximum Gasteiger partial charge on any atom is 0.0876 e. The molecule has 0 fully saturated rings. The van der Waals surface area contributed by atoms with E-state index in [2.05, 4.69) is 0 Å². The van der Waals surface area contributed by atoms with E-state index in [1.807, 2.05) is 0 Å². The van der Waals surface area contributed by atoms with E-state index in [-0.39, 0.29) is 6.61 Å². The minimum Gasteiger partial charge on any atom is -0.501 e. The van der Waals surface area contributed by atoms with Gasteiger partial charge in [-0.15, -0.1) is 0 Å². The van der Waals surface area contributed by atoms with Crippen molar-refractivity contribution in [2.75, 3.05) is 13.2 Å². The fraction of sp³-hybridized carbons (Fsp3) is 0.714. The van der Waals surface area contributed by atoms with Crippen LogP contribution < -0.4 is 0 Å². The van der Waals surface area contributed by atoms with Gasteiger partial charge in [0.05, 0.1) is 12.9 Å². The highest BCUT2D eigenvalue weighted by Gasteiger charge is 2.01. The first kappa shape index (κ1) is 6.62. The quantitative estimate of drug-likeness (QED) is 0.602. The molecule has 9 heavy (non-hydrogen) atoms. The van der Waals surface area contributed by atoms with Gasteiger partial charge in [-0.25, -0.2) is 0 Å². The minimum absolute atomic E-state index is 0.245. The van der Waals surface area contributed by atoms with E-state index in [9.17, 15) is 0 Å². The molecular weight excluding hydrogens is 116 g/mol. The van der Waals surface area contributed by atoms with E-state index >= 15 is 0 Å². The number of aliphatic hydroxyl groups is 1. The van der Waals surface area contributed by atoms with Crippen molar-refractivity contribution in [3.8, 4) is 0 Å². The molecule has 0 aromatic heterocycles. The van der Waals surface area contributed by atoms with Crippen molar-refractivity contribution in [3.05, 3.63) is 11.8 Å². The zero-order valence-electron chi connectivity index (χ0n) is 5.47. The van der Waals surface area contributed by atoms with Gasteiger partial charge in [0.1, 0.15) is 0 Å². The summed E-state index contributed by atoms with van der Waals surface area (Å²) in [5.41, 5.74) is 1.24. The van der Waals surface area contributed by atoms with E-state index in [0.29, 0.717) is 0 Å². The summed E-state index contributed by atoms with van der Waals surface area (Å²) in [5.74, 6) is 0. The normalized spacial score (nSPS) is 18.6. The highest BCUT2D eigenvalue weighted by molar-refractivity contribution is 4.99. The van der Waals surface area contributed by atoms with Crippen molar-refractivity contribution in [1.29, 1.82) is 0 Å². The van der Waals surface area contributed by atoms with Crippen LogP contribution in [-0.4, -0.2) is 18.3 Å². The summed E-state index contributed by atoms with van der Waals surface area (Å²) in [6.45, 7) is 1.09. The van der Waals surface area contributed by atoms with Crippen LogP contribution in [0.15, 0.2) is 11.8 Å². The Morgan fingerprint density at radius 1 is 1.67 bits per heavy atom. The Morgan fingerprint density at radius 2 is 2.56 bits per heavy atom. The van der Waals surface area contributed by atoms with Crippen molar-refractivity contribution in [3.63, 3.8) is 0 Å². The van der Waals surface area contributed by atoms with Crippen LogP contribution in [0.3, 0.4) is 0 Å². The molecule has 52 valence electrons. The van der Waals surface area contributed by atoms with Crippen molar-refractivity contribution in [2.24, 2.45) is 0 Å². The Labute approximate surface area is 55.1 Å². The fourth-order valence-corrected chi connectivity index (χ4v) is 0.946. The Bertz CT molecular complexity index is 107. The van der Waals surface area contributed by atoms with Gasteiger partial charge in [-0.3, -0.25) is 0 Å². The van der Waals surface area contributed by atoms with Gasteiger partial charge in [-0.05, 0) is 24.8 Å². The lowest BCUT2D eigenvalue weighted by molar-refractivity contribution is 0.217. The van der Waals surface area contributed by atoms with Crippen LogP contribution in [0.1, 0.15) is 19.3 Å². The lowest BCUT2D eigenvalue weighted by atomic mass is 10.1. The maximum atomic E-state index is 8.52. The molecule has 0 amide bonds. The summed E-state index contributed by atoms with van der Waals surface area (Å²) in [5, 5.41) is 8.52. The third-order valence-electron chi connectivity index (χ3n) is 1.44. The highest BCUT2D eigenvalue weighted by atomic mass is 16.5. The molecule has 1 aliphatic heterocycles. The first-order valence-corrected chi connectivity index (χ1v) is 3.34. The lowest BCUT2D eigenvalue weighted by Crippen LogP contribution is -2.00. The van der Waals surface area contributed by atoms with Gasteiger partial charge in [-0.2, -0.15) is 0 Å². The number of rotatable bonds is 2. The van der Waals surface area contributed by atoms with Gasteiger partial charge in [0.15, 0.2) is 0 Å². The number of ether oxygens (including phenoxy) is 1. The molecule has 0 saturated heterocycles. The molecule has 1 heterocycles. The second-order valence-corrected chi connectivity index (χ2v) is 2.22. The van der Waals surface area contributed by atoms with Crippen molar-refractivity contribution in [2.45, 2.75) is 19.3 Å². The molecule has 0 aliphatic carbocycles. The number of aliphatic hydroxyl groups excluding tert-OH is 1.